The van der Waals surface area contributed by atoms with Crippen molar-refractivity contribution in [3.8, 4) is 0 Å². The zero-order valence-electron chi connectivity index (χ0n) is 14.8. The lowest BCUT2D eigenvalue weighted by Crippen LogP contribution is -2.38. The number of aromatic amines is 1. The maximum absolute atomic E-state index is 4.66. The van der Waals surface area contributed by atoms with Gasteiger partial charge in [0.1, 0.15) is 5.82 Å². The summed E-state index contributed by atoms with van der Waals surface area (Å²) in [4.78, 5) is 12.6. The van der Waals surface area contributed by atoms with Crippen LogP contribution in [0.4, 0.5) is 0 Å². The number of aromatic nitrogens is 2. The van der Waals surface area contributed by atoms with Crippen molar-refractivity contribution >= 4 is 17.0 Å². The molecule has 0 atom stereocenters. The second-order valence-electron chi connectivity index (χ2n) is 6.06. The van der Waals surface area contributed by atoms with Gasteiger partial charge in [0.05, 0.1) is 17.6 Å². The number of fused-ring (bicyclic) bond motifs is 1. The molecule has 0 fully saturated rings. The van der Waals surface area contributed by atoms with Gasteiger partial charge in [0, 0.05) is 19.5 Å². The van der Waals surface area contributed by atoms with Crippen molar-refractivity contribution in [1.29, 1.82) is 0 Å². The molecule has 2 aromatic carbocycles. The first kappa shape index (κ1) is 17.0. The van der Waals surface area contributed by atoms with E-state index >= 15 is 0 Å². The fraction of sp³-hybridized carbons (Fsp3) is 0.300. The Morgan fingerprint density at radius 3 is 2.80 bits per heavy atom. The molecule has 25 heavy (non-hydrogen) atoms. The van der Waals surface area contributed by atoms with Crippen LogP contribution in [0.3, 0.4) is 0 Å². The van der Waals surface area contributed by atoms with Gasteiger partial charge in [-0.15, -0.1) is 0 Å². The van der Waals surface area contributed by atoms with Gasteiger partial charge in [0.15, 0.2) is 5.96 Å². The Morgan fingerprint density at radius 2 is 2.00 bits per heavy atom. The molecule has 0 saturated heterocycles. The van der Waals surface area contributed by atoms with E-state index in [0.29, 0.717) is 6.54 Å². The van der Waals surface area contributed by atoms with Crippen LogP contribution in [0.1, 0.15) is 23.9 Å². The van der Waals surface area contributed by atoms with Crippen LogP contribution < -0.4 is 10.6 Å². The molecule has 130 valence electrons. The topological polar surface area (TPSA) is 65.1 Å². The summed E-state index contributed by atoms with van der Waals surface area (Å²) in [5.74, 6) is 1.82. The number of nitrogens with one attached hydrogen (secondary N) is 3. The minimum Gasteiger partial charge on any atom is -0.357 e. The molecule has 0 aliphatic carbocycles. The molecule has 0 aliphatic heterocycles. The van der Waals surface area contributed by atoms with Gasteiger partial charge in [-0.05, 0) is 31.5 Å². The number of benzene rings is 2. The number of nitrogens with zero attached hydrogens (tertiary/aromatic N) is 2. The number of H-pyrrole nitrogens is 1. The van der Waals surface area contributed by atoms with Crippen molar-refractivity contribution in [3.05, 3.63) is 65.5 Å². The summed E-state index contributed by atoms with van der Waals surface area (Å²) in [7, 11) is 0. The number of hydrogen-bond acceptors (Lipinski definition) is 2. The Bertz CT molecular complexity index is 817. The molecule has 0 unspecified atom stereocenters. The number of imidazole rings is 1. The van der Waals surface area contributed by atoms with Crippen LogP contribution in [0.15, 0.2) is 53.5 Å². The van der Waals surface area contributed by atoms with Crippen molar-refractivity contribution in [1.82, 2.24) is 20.6 Å². The molecule has 0 bridgehead atoms. The summed E-state index contributed by atoms with van der Waals surface area (Å²) >= 11 is 0. The Labute approximate surface area is 148 Å². The highest BCUT2D eigenvalue weighted by Crippen LogP contribution is 2.10. The minimum absolute atomic E-state index is 0.668. The highest BCUT2D eigenvalue weighted by molar-refractivity contribution is 5.79. The van der Waals surface area contributed by atoms with Gasteiger partial charge >= 0.3 is 0 Å². The summed E-state index contributed by atoms with van der Waals surface area (Å²) in [6.07, 6.45) is 0.823. The van der Waals surface area contributed by atoms with E-state index in [1.54, 1.807) is 0 Å². The van der Waals surface area contributed by atoms with Crippen LogP contribution in [-0.2, 0) is 13.0 Å². The lowest BCUT2D eigenvalue weighted by atomic mass is 10.1. The third kappa shape index (κ3) is 4.83. The van der Waals surface area contributed by atoms with Crippen LogP contribution in [0.25, 0.3) is 11.0 Å². The summed E-state index contributed by atoms with van der Waals surface area (Å²) in [5, 5.41) is 6.67. The summed E-state index contributed by atoms with van der Waals surface area (Å²) < 4.78 is 0. The fourth-order valence-electron chi connectivity index (χ4n) is 2.75. The van der Waals surface area contributed by atoms with E-state index in [0.717, 1.165) is 42.3 Å². The molecule has 0 amide bonds. The standard InChI is InChI=1S/C20H25N5/c1-3-21-20(23-14-16-8-6-7-15(2)13-16)22-12-11-19-24-17-9-4-5-10-18(17)25-19/h4-10,13H,3,11-12,14H2,1-2H3,(H,24,25)(H2,21,22,23). The smallest absolute Gasteiger partial charge is 0.191 e. The molecular formula is C20H25N5. The predicted molar refractivity (Wildman–Crippen MR) is 104 cm³/mol. The van der Waals surface area contributed by atoms with Crippen LogP contribution in [0.5, 0.6) is 0 Å². The molecule has 0 radical (unpaired) electrons. The number of hydrogen-bond donors (Lipinski definition) is 3. The molecule has 0 saturated carbocycles. The highest BCUT2D eigenvalue weighted by atomic mass is 15.2. The Morgan fingerprint density at radius 1 is 1.12 bits per heavy atom. The first-order chi connectivity index (χ1) is 12.2. The summed E-state index contributed by atoms with van der Waals surface area (Å²) in [6, 6.07) is 16.5. The largest absolute Gasteiger partial charge is 0.357 e. The summed E-state index contributed by atoms with van der Waals surface area (Å²) in [6.45, 7) is 6.46. The number of para-hydroxylation sites is 2. The second kappa shape index (κ2) is 8.33. The highest BCUT2D eigenvalue weighted by Gasteiger charge is 2.03. The van der Waals surface area contributed by atoms with E-state index in [1.807, 2.05) is 24.3 Å². The van der Waals surface area contributed by atoms with E-state index in [1.165, 1.54) is 11.1 Å². The van der Waals surface area contributed by atoms with E-state index in [-0.39, 0.29) is 0 Å². The number of rotatable bonds is 6. The quantitative estimate of drug-likeness (QED) is 0.479. The van der Waals surface area contributed by atoms with Crippen LogP contribution in [0.2, 0.25) is 0 Å². The van der Waals surface area contributed by atoms with E-state index in [4.69, 9.17) is 0 Å². The van der Waals surface area contributed by atoms with Gasteiger partial charge in [-0.1, -0.05) is 42.0 Å². The molecule has 5 heteroatoms. The lowest BCUT2D eigenvalue weighted by molar-refractivity contribution is 0.780. The van der Waals surface area contributed by atoms with E-state index < -0.39 is 0 Å². The van der Waals surface area contributed by atoms with Crippen molar-refractivity contribution in [2.45, 2.75) is 26.8 Å². The van der Waals surface area contributed by atoms with Gasteiger partial charge < -0.3 is 15.6 Å². The van der Waals surface area contributed by atoms with Crippen molar-refractivity contribution in [2.75, 3.05) is 13.1 Å². The third-order valence-corrected chi connectivity index (χ3v) is 3.94. The number of guanidine groups is 1. The molecular weight excluding hydrogens is 310 g/mol. The zero-order valence-corrected chi connectivity index (χ0v) is 14.8. The number of aryl methyl sites for hydroxylation is 1. The SMILES string of the molecule is CCNC(=NCc1cccc(C)c1)NCCc1nc2ccccc2[nH]1. The van der Waals surface area contributed by atoms with Gasteiger partial charge in [-0.25, -0.2) is 9.98 Å². The Hall–Kier alpha value is -2.82. The maximum atomic E-state index is 4.66. The predicted octanol–water partition coefficient (Wildman–Crippen LogP) is 3.17. The molecule has 0 spiro atoms. The van der Waals surface area contributed by atoms with Crippen molar-refractivity contribution in [2.24, 2.45) is 4.99 Å². The molecule has 3 N–H and O–H groups in total. The van der Waals surface area contributed by atoms with Crippen molar-refractivity contribution < 1.29 is 0 Å². The molecule has 0 aliphatic rings. The zero-order chi connectivity index (χ0) is 17.5. The van der Waals surface area contributed by atoms with Crippen LogP contribution in [0, 0.1) is 6.92 Å². The Balaban J connectivity index is 1.56. The second-order valence-corrected chi connectivity index (χ2v) is 6.06. The molecule has 1 aromatic heterocycles. The molecule has 3 aromatic rings. The monoisotopic (exact) mass is 335 g/mol. The first-order valence-corrected chi connectivity index (χ1v) is 8.76. The third-order valence-electron chi connectivity index (χ3n) is 3.94. The normalized spacial score (nSPS) is 11.7. The van der Waals surface area contributed by atoms with Crippen LogP contribution in [-0.4, -0.2) is 29.0 Å². The van der Waals surface area contributed by atoms with E-state index in [9.17, 15) is 0 Å². The average molecular weight is 335 g/mol. The van der Waals surface area contributed by atoms with Crippen LogP contribution >= 0.6 is 0 Å². The summed E-state index contributed by atoms with van der Waals surface area (Å²) in [5.41, 5.74) is 4.57. The number of aliphatic imine (C=N–C) groups is 1. The molecule has 1 heterocycles. The molecule has 5 nitrogen and oxygen atoms in total. The van der Waals surface area contributed by atoms with Gasteiger partial charge in [-0.3, -0.25) is 0 Å². The first-order valence-electron chi connectivity index (χ1n) is 8.76. The average Bonchev–Trinajstić information content (AvgIpc) is 3.02. The maximum Gasteiger partial charge on any atom is 0.191 e. The van der Waals surface area contributed by atoms with Gasteiger partial charge in [-0.2, -0.15) is 0 Å². The minimum atomic E-state index is 0.668. The Kier molecular flexibility index (Phi) is 5.67. The fourth-order valence-corrected chi connectivity index (χ4v) is 2.75. The lowest BCUT2D eigenvalue weighted by Gasteiger charge is -2.10. The van der Waals surface area contributed by atoms with E-state index in [2.05, 4.69) is 63.7 Å². The van der Waals surface area contributed by atoms with Gasteiger partial charge in [0.2, 0.25) is 0 Å². The molecule has 3 rings (SSSR count). The van der Waals surface area contributed by atoms with Crippen molar-refractivity contribution in [3.63, 3.8) is 0 Å². The van der Waals surface area contributed by atoms with Gasteiger partial charge in [0.25, 0.3) is 0 Å².